The predicted molar refractivity (Wildman–Crippen MR) is 124 cm³/mol. The highest BCUT2D eigenvalue weighted by atomic mass is 32.2. The van der Waals surface area contributed by atoms with Gasteiger partial charge in [0.05, 0.1) is 42.2 Å². The van der Waals surface area contributed by atoms with Gasteiger partial charge < -0.3 is 9.85 Å². The first-order valence-corrected chi connectivity index (χ1v) is 12.7. The summed E-state index contributed by atoms with van der Waals surface area (Å²) < 4.78 is 42.4. The van der Waals surface area contributed by atoms with Gasteiger partial charge >= 0.3 is 0 Å². The van der Waals surface area contributed by atoms with Crippen molar-refractivity contribution < 1.29 is 17.5 Å². The molecule has 2 aromatic carbocycles. The SMILES string of the molecule is O=S(=O)(c1ccccc1)N1c2ccc(F)cc2C2C[N+]([O-])(CCCc3cccnc3)CCC21. The van der Waals surface area contributed by atoms with E-state index in [1.54, 1.807) is 36.5 Å². The molecular formula is C25H26FN3O3S. The van der Waals surface area contributed by atoms with E-state index in [9.17, 15) is 18.0 Å². The molecule has 0 saturated carbocycles. The number of benzene rings is 2. The van der Waals surface area contributed by atoms with E-state index >= 15 is 0 Å². The number of hydroxylamine groups is 3. The molecule has 1 fully saturated rings. The zero-order chi connectivity index (χ0) is 23.1. The first kappa shape index (κ1) is 22.0. The lowest BCUT2D eigenvalue weighted by Gasteiger charge is -2.50. The van der Waals surface area contributed by atoms with Gasteiger partial charge in [0.1, 0.15) is 5.82 Å². The lowest BCUT2D eigenvalue weighted by atomic mass is 9.88. The lowest BCUT2D eigenvalue weighted by Crippen LogP contribution is -2.56. The van der Waals surface area contributed by atoms with Crippen molar-refractivity contribution in [3.05, 3.63) is 95.2 Å². The third kappa shape index (κ3) is 4.14. The standard InChI is InChI=1S/C25H26FN3O3S/c26-20-10-11-24-22(16-20)23-18-29(30,14-5-7-19-6-4-13-27-17-19)15-12-25(23)28(24)33(31,32)21-8-2-1-3-9-21/h1-4,6,8-11,13,16-17,23,25H,5,7,12,14-15,18H2. The van der Waals surface area contributed by atoms with E-state index in [2.05, 4.69) is 4.98 Å². The van der Waals surface area contributed by atoms with Crippen molar-refractivity contribution in [1.29, 1.82) is 0 Å². The smallest absolute Gasteiger partial charge is 0.264 e. The van der Waals surface area contributed by atoms with Crippen LogP contribution in [0.15, 0.2) is 78.0 Å². The first-order valence-electron chi connectivity index (χ1n) is 11.2. The number of hydrogen-bond donors (Lipinski definition) is 0. The second kappa shape index (κ2) is 8.52. The Morgan fingerprint density at radius 3 is 2.70 bits per heavy atom. The molecular weight excluding hydrogens is 441 g/mol. The maximum absolute atomic E-state index is 14.2. The fraction of sp³-hybridized carbons (Fsp3) is 0.320. The van der Waals surface area contributed by atoms with E-state index in [1.165, 1.54) is 22.5 Å². The number of pyridine rings is 1. The highest BCUT2D eigenvalue weighted by Gasteiger charge is 2.50. The van der Waals surface area contributed by atoms with Crippen LogP contribution in [0.5, 0.6) is 0 Å². The molecule has 1 aromatic heterocycles. The zero-order valence-corrected chi connectivity index (χ0v) is 19.0. The van der Waals surface area contributed by atoms with Gasteiger partial charge in [0.2, 0.25) is 0 Å². The van der Waals surface area contributed by atoms with Crippen LogP contribution in [0.3, 0.4) is 0 Å². The van der Waals surface area contributed by atoms with E-state index in [4.69, 9.17) is 0 Å². The van der Waals surface area contributed by atoms with Gasteiger partial charge in [0.25, 0.3) is 10.0 Å². The van der Waals surface area contributed by atoms with Gasteiger partial charge in [0.15, 0.2) is 0 Å². The van der Waals surface area contributed by atoms with Crippen molar-refractivity contribution in [1.82, 2.24) is 4.98 Å². The molecule has 0 bridgehead atoms. The van der Waals surface area contributed by atoms with Crippen LogP contribution in [0.25, 0.3) is 0 Å². The first-order chi connectivity index (χ1) is 15.9. The normalized spacial score (nSPS) is 24.4. The van der Waals surface area contributed by atoms with Crippen molar-refractivity contribution in [2.45, 2.75) is 36.1 Å². The third-order valence-corrected chi connectivity index (χ3v) is 8.66. The summed E-state index contributed by atoms with van der Waals surface area (Å²) in [5.41, 5.74) is 2.19. The predicted octanol–water partition coefficient (Wildman–Crippen LogP) is 4.23. The second-order valence-corrected chi connectivity index (χ2v) is 10.7. The Bertz CT molecular complexity index is 1240. The average molecular weight is 468 g/mol. The number of quaternary nitrogens is 1. The van der Waals surface area contributed by atoms with Gasteiger partial charge in [-0.05, 0) is 53.9 Å². The Hall–Kier alpha value is -2.81. The van der Waals surface area contributed by atoms with Gasteiger partial charge in [-0.25, -0.2) is 12.8 Å². The number of piperidine rings is 1. The third-order valence-electron chi connectivity index (χ3n) is 6.81. The Balaban J connectivity index is 1.41. The summed E-state index contributed by atoms with van der Waals surface area (Å²) in [6, 6.07) is 16.0. The fourth-order valence-electron chi connectivity index (χ4n) is 5.26. The van der Waals surface area contributed by atoms with Gasteiger partial charge in [0, 0.05) is 25.2 Å². The fourth-order valence-corrected chi connectivity index (χ4v) is 7.02. The molecule has 3 aromatic rings. The molecule has 8 heteroatoms. The minimum atomic E-state index is -3.83. The van der Waals surface area contributed by atoms with Gasteiger partial charge in [-0.3, -0.25) is 9.29 Å². The zero-order valence-electron chi connectivity index (χ0n) is 18.2. The summed E-state index contributed by atoms with van der Waals surface area (Å²) in [6.07, 6.45) is 5.45. The summed E-state index contributed by atoms with van der Waals surface area (Å²) >= 11 is 0. The van der Waals surface area contributed by atoms with Crippen LogP contribution in [0.4, 0.5) is 10.1 Å². The Labute approximate surface area is 193 Å². The van der Waals surface area contributed by atoms with Crippen LogP contribution in [-0.2, 0) is 16.4 Å². The van der Waals surface area contributed by atoms with Crippen LogP contribution >= 0.6 is 0 Å². The molecule has 33 heavy (non-hydrogen) atoms. The van der Waals surface area contributed by atoms with E-state index in [-0.39, 0.29) is 23.4 Å². The molecule has 6 nitrogen and oxygen atoms in total. The van der Waals surface area contributed by atoms with Crippen LogP contribution in [-0.4, -0.2) is 43.7 Å². The van der Waals surface area contributed by atoms with Gasteiger partial charge in [-0.15, -0.1) is 0 Å². The van der Waals surface area contributed by atoms with Crippen molar-refractivity contribution in [3.63, 3.8) is 0 Å². The Kier molecular flexibility index (Phi) is 5.68. The Morgan fingerprint density at radius 1 is 1.12 bits per heavy atom. The highest BCUT2D eigenvalue weighted by molar-refractivity contribution is 7.92. The number of rotatable bonds is 6. The number of anilines is 1. The molecule has 1 saturated heterocycles. The largest absolute Gasteiger partial charge is 0.633 e. The molecule has 5 rings (SSSR count). The van der Waals surface area contributed by atoms with Crippen LogP contribution in [0.1, 0.15) is 29.9 Å². The summed E-state index contributed by atoms with van der Waals surface area (Å²) in [5, 5.41) is 13.6. The molecule has 3 unspecified atom stereocenters. The monoisotopic (exact) mass is 467 g/mol. The molecule has 3 heterocycles. The van der Waals surface area contributed by atoms with Crippen LogP contribution in [0.2, 0.25) is 0 Å². The van der Waals surface area contributed by atoms with Crippen molar-refractivity contribution in [2.24, 2.45) is 0 Å². The molecule has 0 radical (unpaired) electrons. The van der Waals surface area contributed by atoms with Crippen molar-refractivity contribution in [3.8, 4) is 0 Å². The summed E-state index contributed by atoms with van der Waals surface area (Å²) in [7, 11) is -3.83. The molecule has 2 aliphatic rings. The van der Waals surface area contributed by atoms with E-state index in [0.29, 0.717) is 37.2 Å². The maximum Gasteiger partial charge on any atom is 0.264 e. The van der Waals surface area contributed by atoms with E-state index < -0.39 is 20.5 Å². The minimum absolute atomic E-state index is 0.200. The topological polar surface area (TPSA) is 73.3 Å². The number of sulfonamides is 1. The van der Waals surface area contributed by atoms with Crippen LogP contribution < -0.4 is 4.31 Å². The van der Waals surface area contributed by atoms with Crippen molar-refractivity contribution in [2.75, 3.05) is 23.9 Å². The molecule has 0 aliphatic carbocycles. The molecule has 3 atom stereocenters. The molecule has 172 valence electrons. The Morgan fingerprint density at radius 2 is 1.94 bits per heavy atom. The minimum Gasteiger partial charge on any atom is -0.633 e. The second-order valence-electron chi connectivity index (χ2n) is 8.93. The highest BCUT2D eigenvalue weighted by Crippen LogP contribution is 2.48. The van der Waals surface area contributed by atoms with Gasteiger partial charge in [-0.2, -0.15) is 0 Å². The molecule has 0 spiro atoms. The lowest BCUT2D eigenvalue weighted by molar-refractivity contribution is -0.887. The van der Waals surface area contributed by atoms with Crippen LogP contribution in [0, 0.1) is 11.0 Å². The molecule has 2 aliphatic heterocycles. The number of aromatic nitrogens is 1. The molecule has 0 amide bonds. The average Bonchev–Trinajstić information content (AvgIpc) is 3.13. The number of halogens is 1. The van der Waals surface area contributed by atoms with Crippen molar-refractivity contribution >= 4 is 15.7 Å². The van der Waals surface area contributed by atoms with E-state index in [0.717, 1.165) is 12.0 Å². The molecule has 0 N–H and O–H groups in total. The summed E-state index contributed by atoms with van der Waals surface area (Å²) in [6.45, 7) is 1.02. The summed E-state index contributed by atoms with van der Waals surface area (Å²) in [5.74, 6) is -0.753. The number of nitrogens with zero attached hydrogens (tertiary/aromatic N) is 3. The number of fused-ring (bicyclic) bond motifs is 3. The van der Waals surface area contributed by atoms with E-state index in [1.807, 2.05) is 18.3 Å². The maximum atomic E-state index is 14.2. The summed E-state index contributed by atoms with van der Waals surface area (Å²) in [4.78, 5) is 4.32. The number of aryl methyl sites for hydroxylation is 1. The number of likely N-dealkylation sites (tertiary alicyclic amines) is 1. The number of hydrogen-bond acceptors (Lipinski definition) is 4. The quantitative estimate of drug-likeness (QED) is 0.402. The van der Waals surface area contributed by atoms with Gasteiger partial charge in [-0.1, -0.05) is 24.3 Å².